The molecule has 0 saturated carbocycles. The lowest BCUT2D eigenvalue weighted by Gasteiger charge is -2.13. The molecule has 0 amide bonds. The molecule has 2 aromatic heterocycles. The predicted octanol–water partition coefficient (Wildman–Crippen LogP) is 11.3. The summed E-state index contributed by atoms with van der Waals surface area (Å²) in [6.45, 7) is 0. The zero-order chi connectivity index (χ0) is 30.9. The third-order valence-electron chi connectivity index (χ3n) is 9.26. The fourth-order valence-electron chi connectivity index (χ4n) is 7.09. The number of hydrogen-bond acceptors (Lipinski definition) is 4. The predicted molar refractivity (Wildman–Crippen MR) is 193 cm³/mol. The molecule has 10 aromatic rings. The van der Waals surface area contributed by atoms with Gasteiger partial charge in [-0.25, -0.2) is 15.0 Å². The molecule has 47 heavy (non-hydrogen) atoms. The van der Waals surface area contributed by atoms with Gasteiger partial charge in [-0.3, -0.25) is 0 Å². The lowest BCUT2D eigenvalue weighted by Crippen LogP contribution is -2.00. The molecule has 218 valence electrons. The first kappa shape index (κ1) is 25.9. The van der Waals surface area contributed by atoms with Gasteiger partial charge in [0.1, 0.15) is 11.2 Å². The van der Waals surface area contributed by atoms with Gasteiger partial charge in [-0.15, -0.1) is 0 Å². The molecule has 0 bridgehead atoms. The Morgan fingerprint density at radius 1 is 0.319 bits per heavy atom. The Labute approximate surface area is 270 Å². The third kappa shape index (κ3) is 4.05. The van der Waals surface area contributed by atoms with Crippen molar-refractivity contribution < 1.29 is 4.42 Å². The molecule has 0 aliphatic rings. The van der Waals surface area contributed by atoms with Crippen molar-refractivity contribution in [2.75, 3.05) is 0 Å². The van der Waals surface area contributed by atoms with Crippen LogP contribution in [-0.4, -0.2) is 15.0 Å². The van der Waals surface area contributed by atoms with Gasteiger partial charge in [0.2, 0.25) is 0 Å². The fourth-order valence-corrected chi connectivity index (χ4v) is 7.09. The van der Waals surface area contributed by atoms with Crippen molar-refractivity contribution in [3.8, 4) is 45.3 Å². The van der Waals surface area contributed by atoms with Gasteiger partial charge in [-0.2, -0.15) is 0 Å². The number of aromatic nitrogens is 3. The molecule has 0 aliphatic heterocycles. The summed E-state index contributed by atoms with van der Waals surface area (Å²) >= 11 is 0. The first-order valence-electron chi connectivity index (χ1n) is 15.8. The highest BCUT2D eigenvalue weighted by atomic mass is 16.3. The highest BCUT2D eigenvalue weighted by molar-refractivity contribution is 6.36. The monoisotopic (exact) mass is 599 g/mol. The fraction of sp³-hybridized carbons (Fsp3) is 0. The zero-order valence-corrected chi connectivity index (χ0v) is 25.2. The second-order valence-corrected chi connectivity index (χ2v) is 12.0. The van der Waals surface area contributed by atoms with Crippen LogP contribution < -0.4 is 0 Å². The van der Waals surface area contributed by atoms with Gasteiger partial charge in [0.25, 0.3) is 0 Å². The summed E-state index contributed by atoms with van der Waals surface area (Å²) in [6, 6.07) is 52.7. The van der Waals surface area contributed by atoms with Crippen LogP contribution in [0, 0.1) is 0 Å². The van der Waals surface area contributed by atoms with E-state index in [0.29, 0.717) is 17.5 Å². The quantitative estimate of drug-likeness (QED) is 0.189. The third-order valence-corrected chi connectivity index (χ3v) is 9.26. The molecule has 0 atom stereocenters. The van der Waals surface area contributed by atoms with Crippen LogP contribution in [0.3, 0.4) is 0 Å². The Hall–Kier alpha value is -6.39. The average molecular weight is 600 g/mol. The summed E-state index contributed by atoms with van der Waals surface area (Å²) in [5, 5.41) is 9.77. The molecule has 0 aliphatic carbocycles. The molecule has 0 unspecified atom stereocenters. The largest absolute Gasteiger partial charge is 0.456 e. The molecule has 2 heterocycles. The van der Waals surface area contributed by atoms with Crippen LogP contribution in [0.25, 0.3) is 99.5 Å². The van der Waals surface area contributed by atoms with E-state index in [-0.39, 0.29) is 0 Å². The normalized spacial score (nSPS) is 11.8. The SMILES string of the molecule is c1ccc(-c2nc(-c3ccccc3)nc(-c3cccc(-c4ccc5ccc6c7cccc8oc9cccc(c6c5c4)c9c87)c3)n2)cc1. The second kappa shape index (κ2) is 10.1. The van der Waals surface area contributed by atoms with E-state index in [1.165, 1.54) is 43.1 Å². The number of nitrogens with zero attached hydrogens (tertiary/aromatic N) is 3. The Bertz CT molecular complexity index is 2730. The van der Waals surface area contributed by atoms with E-state index in [2.05, 4.69) is 91.0 Å². The number of furan rings is 1. The highest BCUT2D eigenvalue weighted by Gasteiger charge is 2.19. The molecule has 0 saturated heterocycles. The van der Waals surface area contributed by atoms with E-state index in [1.54, 1.807) is 0 Å². The Morgan fingerprint density at radius 3 is 1.53 bits per heavy atom. The molecule has 0 N–H and O–H groups in total. The van der Waals surface area contributed by atoms with Crippen molar-refractivity contribution in [1.29, 1.82) is 0 Å². The minimum Gasteiger partial charge on any atom is -0.456 e. The average Bonchev–Trinajstić information content (AvgIpc) is 3.54. The molecular formula is C43H25N3O. The smallest absolute Gasteiger partial charge is 0.164 e. The summed E-state index contributed by atoms with van der Waals surface area (Å²) in [4.78, 5) is 14.8. The van der Waals surface area contributed by atoms with Gasteiger partial charge in [0.05, 0.1) is 0 Å². The van der Waals surface area contributed by atoms with Gasteiger partial charge in [0.15, 0.2) is 17.5 Å². The van der Waals surface area contributed by atoms with Gasteiger partial charge < -0.3 is 4.42 Å². The van der Waals surface area contributed by atoms with Crippen LogP contribution in [0.1, 0.15) is 0 Å². The number of fused-ring (bicyclic) bond motifs is 5. The van der Waals surface area contributed by atoms with Crippen LogP contribution in [0.2, 0.25) is 0 Å². The standard InChI is InChI=1S/C43H25N3O/c1-3-10-27(11-4-1)41-44-42(28-12-5-2-6-13-28)46-43(45-41)31-15-7-14-29(24-31)30-21-20-26-22-23-33-32-16-8-18-36-39(32)40-34(38(33)35(26)25-30)17-9-19-37(40)47-36/h1-25H. The van der Waals surface area contributed by atoms with E-state index < -0.39 is 0 Å². The number of rotatable bonds is 4. The second-order valence-electron chi connectivity index (χ2n) is 12.0. The molecule has 8 aromatic carbocycles. The number of hydrogen-bond donors (Lipinski definition) is 0. The van der Waals surface area contributed by atoms with Gasteiger partial charge in [0, 0.05) is 27.5 Å². The van der Waals surface area contributed by atoms with E-state index in [0.717, 1.165) is 39.0 Å². The van der Waals surface area contributed by atoms with E-state index in [9.17, 15) is 0 Å². The van der Waals surface area contributed by atoms with Gasteiger partial charge in [-0.05, 0) is 67.7 Å². The molecule has 0 radical (unpaired) electrons. The molecule has 4 nitrogen and oxygen atoms in total. The maximum Gasteiger partial charge on any atom is 0.164 e. The Morgan fingerprint density at radius 2 is 0.830 bits per heavy atom. The minimum atomic E-state index is 0.644. The lowest BCUT2D eigenvalue weighted by molar-refractivity contribution is 0.669. The minimum absolute atomic E-state index is 0.644. The molecule has 10 rings (SSSR count). The van der Waals surface area contributed by atoms with E-state index in [1.807, 2.05) is 60.7 Å². The van der Waals surface area contributed by atoms with Crippen molar-refractivity contribution >= 4 is 54.3 Å². The summed E-state index contributed by atoms with van der Waals surface area (Å²) < 4.78 is 6.30. The van der Waals surface area contributed by atoms with Crippen molar-refractivity contribution in [2.24, 2.45) is 0 Å². The van der Waals surface area contributed by atoms with Gasteiger partial charge in [-0.1, -0.05) is 127 Å². The van der Waals surface area contributed by atoms with Crippen molar-refractivity contribution in [3.63, 3.8) is 0 Å². The van der Waals surface area contributed by atoms with Crippen molar-refractivity contribution in [3.05, 3.63) is 152 Å². The molecule has 0 fully saturated rings. The maximum absolute atomic E-state index is 6.30. The highest BCUT2D eigenvalue weighted by Crippen LogP contribution is 2.45. The zero-order valence-electron chi connectivity index (χ0n) is 25.2. The first-order valence-corrected chi connectivity index (χ1v) is 15.8. The first-order chi connectivity index (χ1) is 23.3. The topological polar surface area (TPSA) is 51.8 Å². The summed E-state index contributed by atoms with van der Waals surface area (Å²) in [6.07, 6.45) is 0. The van der Waals surface area contributed by atoms with Gasteiger partial charge >= 0.3 is 0 Å². The Kier molecular flexibility index (Phi) is 5.54. The lowest BCUT2D eigenvalue weighted by atomic mass is 9.90. The van der Waals surface area contributed by atoms with Crippen LogP contribution >= 0.6 is 0 Å². The summed E-state index contributed by atoms with van der Waals surface area (Å²) in [5.41, 5.74) is 6.95. The van der Waals surface area contributed by atoms with Crippen molar-refractivity contribution in [2.45, 2.75) is 0 Å². The molecular weight excluding hydrogens is 574 g/mol. The summed E-state index contributed by atoms with van der Waals surface area (Å²) in [5.74, 6) is 1.95. The van der Waals surface area contributed by atoms with E-state index >= 15 is 0 Å². The van der Waals surface area contributed by atoms with Crippen molar-refractivity contribution in [1.82, 2.24) is 15.0 Å². The van der Waals surface area contributed by atoms with Crippen LogP contribution in [0.4, 0.5) is 0 Å². The Balaban J connectivity index is 1.17. The van der Waals surface area contributed by atoms with Crippen LogP contribution in [0.5, 0.6) is 0 Å². The molecule has 4 heteroatoms. The molecule has 0 spiro atoms. The summed E-state index contributed by atoms with van der Waals surface area (Å²) in [7, 11) is 0. The van der Waals surface area contributed by atoms with Crippen LogP contribution in [0.15, 0.2) is 156 Å². The van der Waals surface area contributed by atoms with Crippen LogP contribution in [-0.2, 0) is 0 Å². The van der Waals surface area contributed by atoms with E-state index in [4.69, 9.17) is 19.4 Å². The maximum atomic E-state index is 6.30. The number of benzene rings is 8.